The van der Waals surface area contributed by atoms with Crippen LogP contribution >= 0.6 is 0 Å². The molecule has 3 aromatic carbocycles. The molecule has 0 saturated heterocycles. The van der Waals surface area contributed by atoms with E-state index in [1.54, 1.807) is 0 Å². The van der Waals surface area contributed by atoms with Crippen molar-refractivity contribution in [2.45, 2.75) is 66.2 Å². The maximum absolute atomic E-state index is 6.97. The summed E-state index contributed by atoms with van der Waals surface area (Å²) in [6.45, 7) is 9.15. The van der Waals surface area contributed by atoms with Gasteiger partial charge in [0.25, 0.3) is 0 Å². The first-order chi connectivity index (χ1) is 16.4. The minimum Gasteiger partial charge on any atom is -0.455 e. The molecule has 4 aromatic rings. The number of hydrogen-bond acceptors (Lipinski definition) is 1. The van der Waals surface area contributed by atoms with Crippen LogP contribution in [0.1, 0.15) is 61.8 Å². The number of nitrogens with zero attached hydrogens (tertiary/aromatic N) is 1. The van der Waals surface area contributed by atoms with Crippen molar-refractivity contribution in [3.05, 3.63) is 64.8 Å². The molecule has 34 heavy (non-hydrogen) atoms. The number of fused-ring (bicyclic) bond motifs is 3. The van der Waals surface area contributed by atoms with Crippen molar-refractivity contribution in [3.63, 3.8) is 0 Å². The fourth-order valence-corrected chi connectivity index (χ4v) is 6.63. The van der Waals surface area contributed by atoms with Gasteiger partial charge in [0, 0.05) is 11.6 Å². The number of hydrogen-bond donors (Lipinski definition) is 0. The molecule has 0 radical (unpaired) electrons. The van der Waals surface area contributed by atoms with Gasteiger partial charge in [-0.3, -0.25) is 0 Å². The van der Waals surface area contributed by atoms with Gasteiger partial charge in [-0.05, 0) is 77.4 Å². The number of benzene rings is 3. The number of ether oxygens (including phenoxy) is 1. The SMILES string of the molecule is Cc1c2c(c(CC(C)C)c3c(C)cccc13)Oc1cc(CC3CCCC3)cc3cc[n+](C)c-2c13. The summed E-state index contributed by atoms with van der Waals surface area (Å²) in [4.78, 5) is 0. The maximum atomic E-state index is 6.97. The Morgan fingerprint density at radius 2 is 1.82 bits per heavy atom. The van der Waals surface area contributed by atoms with Crippen LogP contribution in [0.2, 0.25) is 0 Å². The molecule has 1 aromatic heterocycles. The molecule has 174 valence electrons. The molecule has 1 aliphatic heterocycles. The van der Waals surface area contributed by atoms with Gasteiger partial charge in [0.2, 0.25) is 5.69 Å². The number of rotatable bonds is 4. The summed E-state index contributed by atoms with van der Waals surface area (Å²) in [5.74, 6) is 3.51. The van der Waals surface area contributed by atoms with Crippen molar-refractivity contribution in [2.75, 3.05) is 0 Å². The Bertz CT molecular complexity index is 1440. The molecule has 1 fully saturated rings. The van der Waals surface area contributed by atoms with E-state index in [2.05, 4.69) is 81.9 Å². The van der Waals surface area contributed by atoms with E-state index >= 15 is 0 Å². The molecule has 1 saturated carbocycles. The molecule has 0 N–H and O–H groups in total. The van der Waals surface area contributed by atoms with E-state index in [0.29, 0.717) is 5.92 Å². The van der Waals surface area contributed by atoms with E-state index in [9.17, 15) is 0 Å². The van der Waals surface area contributed by atoms with E-state index in [1.807, 2.05) is 0 Å². The molecule has 0 atom stereocenters. The molecule has 0 amide bonds. The summed E-state index contributed by atoms with van der Waals surface area (Å²) < 4.78 is 9.28. The maximum Gasteiger partial charge on any atom is 0.228 e. The van der Waals surface area contributed by atoms with Gasteiger partial charge in [-0.2, -0.15) is 0 Å². The Labute approximate surface area is 203 Å². The second-order valence-corrected chi connectivity index (χ2v) is 11.2. The summed E-state index contributed by atoms with van der Waals surface area (Å²) in [6.07, 6.45) is 9.94. The van der Waals surface area contributed by atoms with Crippen molar-refractivity contribution in [3.8, 4) is 22.8 Å². The third-order valence-electron chi connectivity index (χ3n) is 8.17. The quantitative estimate of drug-likeness (QED) is 0.252. The van der Waals surface area contributed by atoms with E-state index in [0.717, 1.165) is 23.8 Å². The largest absolute Gasteiger partial charge is 0.455 e. The van der Waals surface area contributed by atoms with Gasteiger partial charge in [-0.15, -0.1) is 0 Å². The molecular formula is C32H36NO+. The minimum absolute atomic E-state index is 0.554. The van der Waals surface area contributed by atoms with Crippen LogP contribution in [0.4, 0.5) is 0 Å². The van der Waals surface area contributed by atoms with Crippen molar-refractivity contribution >= 4 is 21.5 Å². The van der Waals surface area contributed by atoms with E-state index < -0.39 is 0 Å². The Balaban J connectivity index is 1.66. The lowest BCUT2D eigenvalue weighted by Crippen LogP contribution is -2.32. The van der Waals surface area contributed by atoms with Gasteiger partial charge in [0.1, 0.15) is 18.5 Å². The van der Waals surface area contributed by atoms with E-state index in [1.165, 1.54) is 87.2 Å². The van der Waals surface area contributed by atoms with Crippen molar-refractivity contribution in [1.29, 1.82) is 0 Å². The number of aryl methyl sites for hydroxylation is 3. The second kappa shape index (κ2) is 8.12. The van der Waals surface area contributed by atoms with Gasteiger partial charge < -0.3 is 4.74 Å². The van der Waals surface area contributed by atoms with Crippen LogP contribution < -0.4 is 9.30 Å². The molecule has 2 aliphatic rings. The minimum atomic E-state index is 0.554. The molecular weight excluding hydrogens is 414 g/mol. The van der Waals surface area contributed by atoms with Crippen molar-refractivity contribution < 1.29 is 9.30 Å². The first-order valence-electron chi connectivity index (χ1n) is 13.1. The van der Waals surface area contributed by atoms with Crippen LogP contribution in [-0.4, -0.2) is 0 Å². The average Bonchev–Trinajstić information content (AvgIpc) is 3.31. The summed E-state index contributed by atoms with van der Waals surface area (Å²) in [5, 5.41) is 5.31. The molecule has 2 nitrogen and oxygen atoms in total. The molecule has 2 heteroatoms. The first kappa shape index (κ1) is 21.6. The van der Waals surface area contributed by atoms with Gasteiger partial charge >= 0.3 is 0 Å². The highest BCUT2D eigenvalue weighted by molar-refractivity contribution is 6.07. The molecule has 0 unspecified atom stereocenters. The lowest BCUT2D eigenvalue weighted by Gasteiger charge is -2.27. The highest BCUT2D eigenvalue weighted by Crippen LogP contribution is 2.51. The van der Waals surface area contributed by atoms with Crippen LogP contribution in [0.5, 0.6) is 11.5 Å². The van der Waals surface area contributed by atoms with Crippen molar-refractivity contribution in [2.24, 2.45) is 18.9 Å². The fraction of sp³-hybridized carbons (Fsp3) is 0.406. The molecule has 0 bridgehead atoms. The van der Waals surface area contributed by atoms with Crippen molar-refractivity contribution in [1.82, 2.24) is 0 Å². The highest BCUT2D eigenvalue weighted by atomic mass is 16.5. The predicted molar refractivity (Wildman–Crippen MR) is 142 cm³/mol. The van der Waals surface area contributed by atoms with Crippen LogP contribution in [-0.2, 0) is 19.9 Å². The normalized spacial score (nSPS) is 15.4. The zero-order valence-corrected chi connectivity index (χ0v) is 21.3. The Hall–Kier alpha value is -2.87. The highest BCUT2D eigenvalue weighted by Gasteiger charge is 2.33. The topological polar surface area (TPSA) is 13.1 Å². The first-order valence-corrected chi connectivity index (χ1v) is 13.1. The van der Waals surface area contributed by atoms with E-state index in [-0.39, 0.29) is 0 Å². The van der Waals surface area contributed by atoms with Gasteiger partial charge in [0.05, 0.1) is 10.9 Å². The molecule has 1 aliphatic carbocycles. The van der Waals surface area contributed by atoms with Crippen LogP contribution in [0.3, 0.4) is 0 Å². The Kier molecular flexibility index (Phi) is 5.17. The van der Waals surface area contributed by atoms with E-state index in [4.69, 9.17) is 4.74 Å². The molecule has 0 spiro atoms. The fourth-order valence-electron chi connectivity index (χ4n) is 6.63. The summed E-state index contributed by atoms with van der Waals surface area (Å²) in [7, 11) is 2.18. The van der Waals surface area contributed by atoms with Gasteiger partial charge in [-0.25, -0.2) is 4.57 Å². The molecule has 6 rings (SSSR count). The summed E-state index contributed by atoms with van der Waals surface area (Å²) in [5.41, 5.74) is 8.03. The number of aromatic nitrogens is 1. The Morgan fingerprint density at radius 1 is 1.03 bits per heavy atom. The number of pyridine rings is 1. The lowest BCUT2D eigenvalue weighted by atomic mass is 9.84. The molecule has 2 heterocycles. The third kappa shape index (κ3) is 3.34. The smallest absolute Gasteiger partial charge is 0.228 e. The van der Waals surface area contributed by atoms with Crippen LogP contribution in [0.15, 0.2) is 42.6 Å². The summed E-state index contributed by atoms with van der Waals surface area (Å²) in [6, 6.07) is 13.8. The third-order valence-corrected chi connectivity index (χ3v) is 8.17. The standard InChI is InChI=1S/C32H36NO/c1-19(2)15-26-28-20(3)9-8-12-25(28)21(4)29-31-30-24(13-14-33(31)5)17-23(16-22-10-6-7-11-22)18-27(30)34-32(26)29/h8-9,12-14,17-19,22H,6-7,10-11,15-16H2,1-5H3/q+1. The average molecular weight is 451 g/mol. The predicted octanol–water partition coefficient (Wildman–Crippen LogP) is 8.14. The van der Waals surface area contributed by atoms with Crippen LogP contribution in [0.25, 0.3) is 32.8 Å². The second-order valence-electron chi connectivity index (χ2n) is 11.2. The van der Waals surface area contributed by atoms with Crippen LogP contribution in [0, 0.1) is 25.7 Å². The van der Waals surface area contributed by atoms with Gasteiger partial charge in [0.15, 0.2) is 6.20 Å². The Morgan fingerprint density at radius 3 is 2.59 bits per heavy atom. The zero-order valence-electron chi connectivity index (χ0n) is 21.3. The van der Waals surface area contributed by atoms with Gasteiger partial charge in [-0.1, -0.05) is 63.8 Å². The monoisotopic (exact) mass is 450 g/mol. The lowest BCUT2D eigenvalue weighted by molar-refractivity contribution is -0.659. The zero-order chi connectivity index (χ0) is 23.6. The summed E-state index contributed by atoms with van der Waals surface area (Å²) >= 11 is 0.